The fourth-order valence-corrected chi connectivity index (χ4v) is 4.74. The van der Waals surface area contributed by atoms with Crippen molar-refractivity contribution >= 4 is 28.3 Å². The van der Waals surface area contributed by atoms with Gasteiger partial charge in [0.05, 0.1) is 20.3 Å². The summed E-state index contributed by atoms with van der Waals surface area (Å²) in [6.07, 6.45) is 5.10. The van der Waals surface area contributed by atoms with E-state index in [-0.39, 0.29) is 24.3 Å². The number of hydrogen-bond donors (Lipinski definition) is 1. The third-order valence-corrected chi connectivity index (χ3v) is 6.99. The molecule has 5 rings (SSSR count). The third-order valence-electron chi connectivity index (χ3n) is 5.99. The first-order valence-corrected chi connectivity index (χ1v) is 11.6. The van der Waals surface area contributed by atoms with Crippen LogP contribution in [-0.2, 0) is 9.59 Å². The first-order valence-electron chi connectivity index (χ1n) is 10.8. The topological polar surface area (TPSA) is 93.7 Å². The Morgan fingerprint density at radius 3 is 2.77 bits per heavy atom. The summed E-state index contributed by atoms with van der Waals surface area (Å²) in [5.74, 6) is 2.34. The number of anilines is 1. The zero-order chi connectivity index (χ0) is 21.4. The Labute approximate surface area is 184 Å². The molecular weight excluding hydrogens is 416 g/mol. The van der Waals surface area contributed by atoms with Gasteiger partial charge in [0.2, 0.25) is 16.9 Å². The maximum absolute atomic E-state index is 12.5. The van der Waals surface area contributed by atoms with Gasteiger partial charge in [-0.05, 0) is 49.3 Å². The molecule has 1 aromatic heterocycles. The monoisotopic (exact) mass is 442 g/mol. The number of nitrogens with one attached hydrogen (secondary N) is 1. The van der Waals surface area contributed by atoms with E-state index in [0.29, 0.717) is 42.3 Å². The van der Waals surface area contributed by atoms with Gasteiger partial charge in [0.25, 0.3) is 0 Å². The van der Waals surface area contributed by atoms with Crippen LogP contribution in [0.1, 0.15) is 54.5 Å². The SMILES string of the molecule is COc1ccc(C2CC(=O)N(CC(=O)Nc3nnc(C4CC4)s3)C2)cc1OCC1CC1. The number of carbonyl (C=O) groups is 2. The van der Waals surface area contributed by atoms with Gasteiger partial charge in [-0.3, -0.25) is 14.9 Å². The van der Waals surface area contributed by atoms with Crippen LogP contribution in [0.3, 0.4) is 0 Å². The lowest BCUT2D eigenvalue weighted by atomic mass is 9.98. The second-order valence-corrected chi connectivity index (χ2v) is 9.62. The zero-order valence-electron chi connectivity index (χ0n) is 17.5. The Morgan fingerprint density at radius 1 is 1.19 bits per heavy atom. The average Bonchev–Trinajstić information content (AvgIpc) is 3.69. The molecule has 1 unspecified atom stereocenters. The first kappa shape index (κ1) is 20.2. The summed E-state index contributed by atoms with van der Waals surface area (Å²) in [7, 11) is 1.63. The Morgan fingerprint density at radius 2 is 2.03 bits per heavy atom. The molecular formula is C22H26N4O4S. The van der Waals surface area contributed by atoms with Crippen LogP contribution in [0.15, 0.2) is 18.2 Å². The number of benzene rings is 1. The summed E-state index contributed by atoms with van der Waals surface area (Å²) >= 11 is 1.42. The molecule has 0 radical (unpaired) electrons. The third kappa shape index (κ3) is 4.81. The van der Waals surface area contributed by atoms with E-state index in [1.165, 1.54) is 24.2 Å². The second kappa shape index (κ2) is 8.45. The number of ether oxygens (including phenoxy) is 2. The van der Waals surface area contributed by atoms with Crippen molar-refractivity contribution in [1.29, 1.82) is 0 Å². The predicted molar refractivity (Wildman–Crippen MR) is 116 cm³/mol. The maximum atomic E-state index is 12.5. The van der Waals surface area contributed by atoms with E-state index in [4.69, 9.17) is 9.47 Å². The lowest BCUT2D eigenvalue weighted by Gasteiger charge is -2.17. The van der Waals surface area contributed by atoms with E-state index in [0.717, 1.165) is 29.2 Å². The molecule has 2 aliphatic carbocycles. The Bertz CT molecular complexity index is 986. The van der Waals surface area contributed by atoms with Gasteiger partial charge < -0.3 is 14.4 Å². The highest BCUT2D eigenvalue weighted by atomic mass is 32.1. The van der Waals surface area contributed by atoms with Gasteiger partial charge >= 0.3 is 0 Å². The zero-order valence-corrected chi connectivity index (χ0v) is 18.3. The number of aromatic nitrogens is 2. The molecule has 2 heterocycles. The van der Waals surface area contributed by atoms with Gasteiger partial charge in [0, 0.05) is 24.8 Å². The van der Waals surface area contributed by atoms with Crippen LogP contribution in [0.2, 0.25) is 0 Å². The lowest BCUT2D eigenvalue weighted by molar-refractivity contribution is -0.131. The number of carbonyl (C=O) groups excluding carboxylic acids is 2. The molecule has 2 aromatic rings. The molecule has 1 aromatic carbocycles. The van der Waals surface area contributed by atoms with Crippen molar-refractivity contribution in [2.75, 3.05) is 32.1 Å². The molecule has 2 amide bonds. The van der Waals surface area contributed by atoms with E-state index >= 15 is 0 Å². The summed E-state index contributed by atoms with van der Waals surface area (Å²) in [5.41, 5.74) is 1.03. The molecule has 0 bridgehead atoms. The van der Waals surface area contributed by atoms with Crippen molar-refractivity contribution in [1.82, 2.24) is 15.1 Å². The molecule has 1 N–H and O–H groups in total. The van der Waals surface area contributed by atoms with E-state index in [1.807, 2.05) is 18.2 Å². The van der Waals surface area contributed by atoms with Crippen LogP contribution in [0, 0.1) is 5.92 Å². The first-order chi connectivity index (χ1) is 15.1. The van der Waals surface area contributed by atoms with Crippen LogP contribution in [0.5, 0.6) is 11.5 Å². The minimum absolute atomic E-state index is 0.0210. The van der Waals surface area contributed by atoms with Gasteiger partial charge in [-0.2, -0.15) is 0 Å². The minimum Gasteiger partial charge on any atom is -0.493 e. The van der Waals surface area contributed by atoms with E-state index in [2.05, 4.69) is 15.5 Å². The number of nitrogens with zero attached hydrogens (tertiary/aromatic N) is 3. The van der Waals surface area contributed by atoms with E-state index < -0.39 is 0 Å². The van der Waals surface area contributed by atoms with Crippen molar-refractivity contribution in [3.8, 4) is 11.5 Å². The standard InChI is InChI=1S/C22H26N4O4S/c1-29-17-7-6-15(8-18(17)30-12-13-2-3-13)16-9-20(28)26(10-16)11-19(27)23-22-25-24-21(31-22)14-4-5-14/h6-8,13-14,16H,2-5,9-12H2,1H3,(H,23,25,27). The molecule has 2 saturated carbocycles. The van der Waals surface area contributed by atoms with Crippen LogP contribution in [-0.4, -0.2) is 53.7 Å². The van der Waals surface area contributed by atoms with Crippen molar-refractivity contribution in [2.24, 2.45) is 5.92 Å². The average molecular weight is 443 g/mol. The fourth-order valence-electron chi connectivity index (χ4n) is 3.81. The molecule has 3 aliphatic rings. The molecule has 1 aliphatic heterocycles. The van der Waals surface area contributed by atoms with Crippen molar-refractivity contribution in [3.63, 3.8) is 0 Å². The summed E-state index contributed by atoms with van der Waals surface area (Å²) in [5, 5.41) is 12.4. The van der Waals surface area contributed by atoms with Gasteiger partial charge in [0.1, 0.15) is 5.01 Å². The smallest absolute Gasteiger partial charge is 0.245 e. The fraction of sp³-hybridized carbons (Fsp3) is 0.545. The molecule has 0 spiro atoms. The molecule has 8 nitrogen and oxygen atoms in total. The van der Waals surface area contributed by atoms with Crippen LogP contribution >= 0.6 is 11.3 Å². The highest BCUT2D eigenvalue weighted by Crippen LogP contribution is 2.42. The van der Waals surface area contributed by atoms with Gasteiger partial charge in [-0.25, -0.2) is 0 Å². The van der Waals surface area contributed by atoms with Crippen molar-refractivity contribution in [2.45, 2.75) is 43.9 Å². The molecule has 31 heavy (non-hydrogen) atoms. The number of hydrogen-bond acceptors (Lipinski definition) is 7. The Hall–Kier alpha value is -2.68. The van der Waals surface area contributed by atoms with Crippen LogP contribution in [0.25, 0.3) is 0 Å². The summed E-state index contributed by atoms with van der Waals surface area (Å²) in [6, 6.07) is 5.85. The van der Waals surface area contributed by atoms with Crippen molar-refractivity contribution in [3.05, 3.63) is 28.8 Å². The summed E-state index contributed by atoms with van der Waals surface area (Å²) in [4.78, 5) is 26.6. The van der Waals surface area contributed by atoms with Gasteiger partial charge in [0.15, 0.2) is 11.5 Å². The minimum atomic E-state index is -0.240. The Kier molecular flexibility index (Phi) is 5.52. The van der Waals surface area contributed by atoms with Crippen molar-refractivity contribution < 1.29 is 19.1 Å². The molecule has 164 valence electrons. The number of amides is 2. The largest absolute Gasteiger partial charge is 0.493 e. The van der Waals surface area contributed by atoms with Crippen LogP contribution < -0.4 is 14.8 Å². The lowest BCUT2D eigenvalue weighted by Crippen LogP contribution is -2.34. The normalized spacial score (nSPS) is 20.7. The Balaban J connectivity index is 1.19. The molecule has 1 saturated heterocycles. The molecule has 9 heteroatoms. The second-order valence-electron chi connectivity index (χ2n) is 8.61. The predicted octanol–water partition coefficient (Wildman–Crippen LogP) is 3.17. The summed E-state index contributed by atoms with van der Waals surface area (Å²) < 4.78 is 11.4. The summed E-state index contributed by atoms with van der Waals surface area (Å²) in [6.45, 7) is 1.22. The molecule has 1 atom stereocenters. The number of methoxy groups -OCH3 is 1. The number of rotatable bonds is 9. The van der Waals surface area contributed by atoms with E-state index in [1.54, 1.807) is 12.0 Å². The maximum Gasteiger partial charge on any atom is 0.245 e. The quantitative estimate of drug-likeness (QED) is 0.641. The van der Waals surface area contributed by atoms with Crippen LogP contribution in [0.4, 0.5) is 5.13 Å². The molecule has 3 fully saturated rings. The number of likely N-dealkylation sites (tertiary alicyclic amines) is 1. The highest BCUT2D eigenvalue weighted by Gasteiger charge is 2.33. The van der Waals surface area contributed by atoms with Gasteiger partial charge in [-0.1, -0.05) is 17.4 Å². The van der Waals surface area contributed by atoms with E-state index in [9.17, 15) is 9.59 Å². The van der Waals surface area contributed by atoms with Gasteiger partial charge in [-0.15, -0.1) is 10.2 Å². The highest BCUT2D eigenvalue weighted by molar-refractivity contribution is 7.15.